The number of aromatic nitrogens is 1. The summed E-state index contributed by atoms with van der Waals surface area (Å²) in [5.74, 6) is 0.619. The van der Waals surface area contributed by atoms with E-state index in [9.17, 15) is 4.39 Å². The molecule has 1 heterocycles. The van der Waals surface area contributed by atoms with Gasteiger partial charge in [-0.05, 0) is 44.9 Å². The Kier molecular flexibility index (Phi) is 7.18. The van der Waals surface area contributed by atoms with Crippen LogP contribution >= 0.6 is 11.3 Å². The largest absolute Gasteiger partial charge is 0.357 e. The summed E-state index contributed by atoms with van der Waals surface area (Å²) in [7, 11) is 0. The molecule has 0 saturated heterocycles. The Balaban J connectivity index is 1.81. The molecule has 0 atom stereocenters. The SMILES string of the molecule is CCNC(=NCCc1sc(C)nc1C)NCCc1ccc(F)cc1. The van der Waals surface area contributed by atoms with Crippen molar-refractivity contribution in [3.05, 3.63) is 51.2 Å². The Labute approximate surface area is 147 Å². The highest BCUT2D eigenvalue weighted by atomic mass is 32.1. The molecule has 0 fully saturated rings. The quantitative estimate of drug-likeness (QED) is 0.596. The van der Waals surface area contributed by atoms with Crippen LogP contribution < -0.4 is 10.6 Å². The summed E-state index contributed by atoms with van der Waals surface area (Å²) in [6, 6.07) is 6.62. The van der Waals surface area contributed by atoms with E-state index < -0.39 is 0 Å². The molecule has 0 unspecified atom stereocenters. The number of hydrogen-bond donors (Lipinski definition) is 2. The van der Waals surface area contributed by atoms with Gasteiger partial charge in [0.1, 0.15) is 5.82 Å². The monoisotopic (exact) mass is 348 g/mol. The van der Waals surface area contributed by atoms with Crippen molar-refractivity contribution in [2.45, 2.75) is 33.6 Å². The zero-order valence-corrected chi connectivity index (χ0v) is 15.3. The number of halogens is 1. The fraction of sp³-hybridized carbons (Fsp3) is 0.444. The van der Waals surface area contributed by atoms with Crippen LogP contribution in [-0.4, -0.2) is 30.6 Å². The zero-order chi connectivity index (χ0) is 17.4. The van der Waals surface area contributed by atoms with Crippen LogP contribution in [0.25, 0.3) is 0 Å². The van der Waals surface area contributed by atoms with Gasteiger partial charge in [-0.3, -0.25) is 4.99 Å². The molecule has 0 spiro atoms. The fourth-order valence-electron chi connectivity index (χ4n) is 2.39. The minimum absolute atomic E-state index is 0.199. The highest BCUT2D eigenvalue weighted by Crippen LogP contribution is 2.17. The summed E-state index contributed by atoms with van der Waals surface area (Å²) >= 11 is 1.74. The summed E-state index contributed by atoms with van der Waals surface area (Å²) in [5.41, 5.74) is 2.22. The second-order valence-electron chi connectivity index (χ2n) is 5.56. The minimum Gasteiger partial charge on any atom is -0.357 e. The molecule has 6 heteroatoms. The van der Waals surface area contributed by atoms with Crippen molar-refractivity contribution < 1.29 is 4.39 Å². The Morgan fingerprint density at radius 1 is 1.17 bits per heavy atom. The molecule has 130 valence electrons. The molecular weight excluding hydrogens is 323 g/mol. The van der Waals surface area contributed by atoms with E-state index in [1.54, 1.807) is 11.3 Å². The Bertz CT molecular complexity index is 664. The van der Waals surface area contributed by atoms with Crippen LogP contribution in [0.15, 0.2) is 29.3 Å². The van der Waals surface area contributed by atoms with Gasteiger partial charge in [0.2, 0.25) is 0 Å². The Morgan fingerprint density at radius 2 is 1.92 bits per heavy atom. The van der Waals surface area contributed by atoms with Crippen LogP contribution in [0, 0.1) is 19.7 Å². The van der Waals surface area contributed by atoms with Crippen molar-refractivity contribution in [2.75, 3.05) is 19.6 Å². The first-order valence-electron chi connectivity index (χ1n) is 8.28. The third-order valence-corrected chi connectivity index (χ3v) is 4.70. The lowest BCUT2D eigenvalue weighted by Gasteiger charge is -2.11. The number of thiazole rings is 1. The fourth-order valence-corrected chi connectivity index (χ4v) is 3.32. The number of nitrogens with one attached hydrogen (secondary N) is 2. The van der Waals surface area contributed by atoms with Gasteiger partial charge >= 0.3 is 0 Å². The number of rotatable bonds is 7. The molecule has 0 aliphatic rings. The lowest BCUT2D eigenvalue weighted by Crippen LogP contribution is -2.38. The summed E-state index contributed by atoms with van der Waals surface area (Å²) in [6.07, 6.45) is 1.74. The van der Waals surface area contributed by atoms with E-state index >= 15 is 0 Å². The van der Waals surface area contributed by atoms with Gasteiger partial charge in [0, 0.05) is 30.9 Å². The molecule has 4 nitrogen and oxygen atoms in total. The van der Waals surface area contributed by atoms with Crippen molar-refractivity contribution >= 4 is 17.3 Å². The maximum atomic E-state index is 12.9. The normalized spacial score (nSPS) is 11.6. The summed E-state index contributed by atoms with van der Waals surface area (Å²) in [6.45, 7) is 8.44. The highest BCUT2D eigenvalue weighted by Gasteiger charge is 2.04. The number of guanidine groups is 1. The van der Waals surface area contributed by atoms with E-state index in [0.29, 0.717) is 0 Å². The molecule has 0 radical (unpaired) electrons. The first kappa shape index (κ1) is 18.4. The van der Waals surface area contributed by atoms with E-state index in [2.05, 4.69) is 27.5 Å². The maximum Gasteiger partial charge on any atom is 0.191 e. The smallest absolute Gasteiger partial charge is 0.191 e. The molecule has 1 aromatic heterocycles. The third kappa shape index (κ3) is 5.92. The van der Waals surface area contributed by atoms with E-state index in [0.717, 1.165) is 54.7 Å². The van der Waals surface area contributed by atoms with Crippen LogP contribution in [0.3, 0.4) is 0 Å². The van der Waals surface area contributed by atoms with Gasteiger partial charge in [-0.15, -0.1) is 11.3 Å². The number of aryl methyl sites for hydroxylation is 2. The molecule has 0 aliphatic heterocycles. The minimum atomic E-state index is -0.199. The molecule has 24 heavy (non-hydrogen) atoms. The summed E-state index contributed by atoms with van der Waals surface area (Å²) in [5, 5.41) is 7.68. The van der Waals surface area contributed by atoms with Crippen molar-refractivity contribution in [1.82, 2.24) is 15.6 Å². The second-order valence-corrected chi connectivity index (χ2v) is 6.84. The zero-order valence-electron chi connectivity index (χ0n) is 14.5. The van der Waals surface area contributed by atoms with E-state index in [1.807, 2.05) is 26.0 Å². The molecule has 2 aromatic rings. The molecule has 0 saturated carbocycles. The van der Waals surface area contributed by atoms with Gasteiger partial charge in [-0.25, -0.2) is 9.37 Å². The molecule has 0 bridgehead atoms. The molecule has 0 amide bonds. The van der Waals surface area contributed by atoms with Crippen molar-refractivity contribution in [1.29, 1.82) is 0 Å². The summed E-state index contributed by atoms with van der Waals surface area (Å²) in [4.78, 5) is 10.4. The number of benzene rings is 1. The number of nitrogens with zero attached hydrogens (tertiary/aromatic N) is 2. The highest BCUT2D eigenvalue weighted by molar-refractivity contribution is 7.11. The van der Waals surface area contributed by atoms with Crippen LogP contribution in [0.1, 0.15) is 28.1 Å². The van der Waals surface area contributed by atoms with Gasteiger partial charge < -0.3 is 10.6 Å². The first-order valence-corrected chi connectivity index (χ1v) is 9.09. The number of hydrogen-bond acceptors (Lipinski definition) is 3. The lowest BCUT2D eigenvalue weighted by atomic mass is 10.1. The van der Waals surface area contributed by atoms with Crippen LogP contribution in [0.2, 0.25) is 0 Å². The maximum absolute atomic E-state index is 12.9. The van der Waals surface area contributed by atoms with E-state index in [-0.39, 0.29) is 5.82 Å². The average Bonchev–Trinajstić information content (AvgIpc) is 2.87. The molecular formula is C18H25FN4S. The molecule has 0 aliphatic carbocycles. The van der Waals surface area contributed by atoms with Crippen LogP contribution in [0.5, 0.6) is 0 Å². The number of aliphatic imine (C=N–C) groups is 1. The van der Waals surface area contributed by atoms with Gasteiger partial charge in [0.15, 0.2) is 5.96 Å². The van der Waals surface area contributed by atoms with Gasteiger partial charge in [0.25, 0.3) is 0 Å². The van der Waals surface area contributed by atoms with Crippen molar-refractivity contribution in [3.8, 4) is 0 Å². The van der Waals surface area contributed by atoms with Crippen LogP contribution in [0.4, 0.5) is 4.39 Å². The summed E-state index contributed by atoms with van der Waals surface area (Å²) < 4.78 is 12.9. The van der Waals surface area contributed by atoms with Gasteiger partial charge in [-0.1, -0.05) is 12.1 Å². The van der Waals surface area contributed by atoms with E-state index in [1.165, 1.54) is 17.0 Å². The molecule has 2 rings (SSSR count). The van der Waals surface area contributed by atoms with Crippen LogP contribution in [-0.2, 0) is 12.8 Å². The lowest BCUT2D eigenvalue weighted by molar-refractivity contribution is 0.626. The van der Waals surface area contributed by atoms with Crippen molar-refractivity contribution in [3.63, 3.8) is 0 Å². The Hall–Kier alpha value is -1.95. The molecule has 1 aromatic carbocycles. The molecule has 2 N–H and O–H groups in total. The average molecular weight is 348 g/mol. The van der Waals surface area contributed by atoms with Gasteiger partial charge in [0.05, 0.1) is 10.7 Å². The van der Waals surface area contributed by atoms with Gasteiger partial charge in [-0.2, -0.15) is 0 Å². The van der Waals surface area contributed by atoms with Crippen molar-refractivity contribution in [2.24, 2.45) is 4.99 Å². The predicted octanol–water partition coefficient (Wildman–Crippen LogP) is 3.24. The third-order valence-electron chi connectivity index (χ3n) is 3.57. The standard InChI is InChI=1S/C18H25FN4S/c1-4-20-18(21-11-9-15-5-7-16(19)8-6-15)22-12-10-17-13(2)23-14(3)24-17/h5-8H,4,9-12H2,1-3H3,(H2,20,21,22). The Morgan fingerprint density at radius 3 is 2.54 bits per heavy atom. The predicted molar refractivity (Wildman–Crippen MR) is 99.4 cm³/mol. The first-order chi connectivity index (χ1) is 11.6. The van der Waals surface area contributed by atoms with E-state index in [4.69, 9.17) is 0 Å². The topological polar surface area (TPSA) is 49.3 Å². The second kappa shape index (κ2) is 9.37.